The number of piperidine rings is 1. The monoisotopic (exact) mass is 556 g/mol. The van der Waals surface area contributed by atoms with E-state index in [-0.39, 0.29) is 17.7 Å². The number of carbonyl (C=O) groups is 3. The van der Waals surface area contributed by atoms with Crippen molar-refractivity contribution < 1.29 is 24.2 Å². The Balaban J connectivity index is 1.28. The van der Waals surface area contributed by atoms with E-state index in [0.717, 1.165) is 64.6 Å². The van der Waals surface area contributed by atoms with E-state index in [1.165, 1.54) is 0 Å². The van der Waals surface area contributed by atoms with Gasteiger partial charge in [0.1, 0.15) is 17.3 Å². The second kappa shape index (κ2) is 13.8. The molecule has 3 amide bonds. The van der Waals surface area contributed by atoms with Crippen molar-refractivity contribution in [3.05, 3.63) is 29.8 Å². The summed E-state index contributed by atoms with van der Waals surface area (Å²) in [5.41, 5.74) is -1.11. The predicted molar refractivity (Wildman–Crippen MR) is 154 cm³/mol. The van der Waals surface area contributed by atoms with E-state index < -0.39 is 17.2 Å². The molecule has 0 radical (unpaired) electrons. The molecule has 0 bridgehead atoms. The Morgan fingerprint density at radius 2 is 1.77 bits per heavy atom. The third kappa shape index (κ3) is 6.97. The number of unbranched alkanes of at least 4 members (excludes halogenated alkanes) is 2. The lowest BCUT2D eigenvalue weighted by atomic mass is 9.77. The predicted octanol–water partition coefficient (Wildman–Crippen LogP) is 3.25. The van der Waals surface area contributed by atoms with Gasteiger partial charge in [-0.3, -0.25) is 14.4 Å². The van der Waals surface area contributed by atoms with Crippen molar-refractivity contribution in [2.24, 2.45) is 0 Å². The fourth-order valence-corrected chi connectivity index (χ4v) is 6.63. The molecule has 0 aromatic heterocycles. The first-order chi connectivity index (χ1) is 19.3. The van der Waals surface area contributed by atoms with Crippen LogP contribution < -0.4 is 15.4 Å². The Kier molecular flexibility index (Phi) is 10.5. The standard InChI is InChI=1S/C31H48N4O5/c1-3-4-19-35-28(37)25(23-30(39)14-8-5-9-15-30)33-29(38)31(35)16-20-34(21-17-31)18-10-11-22-40-26-13-7-6-12-24(26)27(36)32-2/h6-7,12-13,25,39H,3-5,8-11,14-23H2,1-2H3,(H,32,36)(H,33,38)/t25-/m1/s1. The highest BCUT2D eigenvalue weighted by Gasteiger charge is 2.54. The van der Waals surface area contributed by atoms with Gasteiger partial charge in [-0.05, 0) is 63.6 Å². The van der Waals surface area contributed by atoms with Gasteiger partial charge < -0.3 is 30.3 Å². The van der Waals surface area contributed by atoms with Gasteiger partial charge in [0.2, 0.25) is 11.8 Å². The number of nitrogens with zero attached hydrogens (tertiary/aromatic N) is 2. The average molecular weight is 557 g/mol. The van der Waals surface area contributed by atoms with Crippen LogP contribution in [0.25, 0.3) is 0 Å². The second-order valence-corrected chi connectivity index (χ2v) is 11.9. The molecule has 1 saturated carbocycles. The van der Waals surface area contributed by atoms with Crippen molar-refractivity contribution in [3.8, 4) is 5.75 Å². The Hall–Kier alpha value is -2.65. The largest absolute Gasteiger partial charge is 0.493 e. The van der Waals surface area contributed by atoms with E-state index >= 15 is 0 Å². The third-order valence-electron chi connectivity index (χ3n) is 9.08. The first-order valence-corrected chi connectivity index (χ1v) is 15.3. The number of ether oxygens (including phenoxy) is 1. The SMILES string of the molecule is CCCCN1C(=O)[C@@H](CC2(O)CCCCC2)NC(=O)C12CCN(CCCCOc1ccccc1C(=O)NC)CC2. The van der Waals surface area contributed by atoms with Crippen molar-refractivity contribution in [2.45, 2.75) is 101 Å². The number of amides is 3. The van der Waals surface area contributed by atoms with Gasteiger partial charge in [0.15, 0.2) is 0 Å². The molecule has 222 valence electrons. The van der Waals surface area contributed by atoms with Crippen LogP contribution in [0.15, 0.2) is 24.3 Å². The van der Waals surface area contributed by atoms with Crippen LogP contribution in [0.1, 0.15) is 94.3 Å². The van der Waals surface area contributed by atoms with Crippen molar-refractivity contribution in [2.75, 3.05) is 39.8 Å². The van der Waals surface area contributed by atoms with Gasteiger partial charge in [0.05, 0.1) is 17.8 Å². The summed E-state index contributed by atoms with van der Waals surface area (Å²) in [6, 6.07) is 6.62. The topological polar surface area (TPSA) is 111 Å². The number of aliphatic hydroxyl groups is 1. The highest BCUT2D eigenvalue weighted by atomic mass is 16.5. The van der Waals surface area contributed by atoms with E-state index in [1.807, 2.05) is 23.1 Å². The zero-order valence-corrected chi connectivity index (χ0v) is 24.4. The average Bonchev–Trinajstić information content (AvgIpc) is 2.96. The lowest BCUT2D eigenvalue weighted by Crippen LogP contribution is -2.73. The van der Waals surface area contributed by atoms with Gasteiger partial charge in [-0.15, -0.1) is 0 Å². The third-order valence-corrected chi connectivity index (χ3v) is 9.08. The maximum Gasteiger partial charge on any atom is 0.254 e. The molecule has 0 unspecified atom stereocenters. The Morgan fingerprint density at radius 3 is 2.48 bits per heavy atom. The number of para-hydroxylation sites is 1. The van der Waals surface area contributed by atoms with Crippen LogP contribution in [-0.2, 0) is 9.59 Å². The summed E-state index contributed by atoms with van der Waals surface area (Å²) >= 11 is 0. The minimum Gasteiger partial charge on any atom is -0.493 e. The van der Waals surface area contributed by atoms with Crippen molar-refractivity contribution in [3.63, 3.8) is 0 Å². The number of likely N-dealkylation sites (tertiary alicyclic amines) is 1. The number of hydrogen-bond acceptors (Lipinski definition) is 6. The molecule has 3 N–H and O–H groups in total. The van der Waals surface area contributed by atoms with Crippen LogP contribution in [0.2, 0.25) is 0 Å². The van der Waals surface area contributed by atoms with Gasteiger partial charge in [0.25, 0.3) is 5.91 Å². The molecule has 1 aromatic carbocycles. The lowest BCUT2D eigenvalue weighted by Gasteiger charge is -2.52. The number of hydrogen-bond donors (Lipinski definition) is 3. The van der Waals surface area contributed by atoms with Gasteiger partial charge in [-0.25, -0.2) is 0 Å². The lowest BCUT2D eigenvalue weighted by molar-refractivity contribution is -0.163. The second-order valence-electron chi connectivity index (χ2n) is 11.9. The summed E-state index contributed by atoms with van der Waals surface area (Å²) in [6.07, 6.45) is 9.66. The summed E-state index contributed by atoms with van der Waals surface area (Å²) < 4.78 is 5.89. The summed E-state index contributed by atoms with van der Waals surface area (Å²) in [5.74, 6) is 0.369. The van der Waals surface area contributed by atoms with Crippen LogP contribution in [0.5, 0.6) is 5.75 Å². The van der Waals surface area contributed by atoms with E-state index in [9.17, 15) is 19.5 Å². The Bertz CT molecular complexity index is 1020. The molecule has 2 aliphatic heterocycles. The van der Waals surface area contributed by atoms with Gasteiger partial charge in [-0.1, -0.05) is 44.7 Å². The smallest absolute Gasteiger partial charge is 0.254 e. The molecule has 4 rings (SSSR count). The van der Waals surface area contributed by atoms with Gasteiger partial charge in [-0.2, -0.15) is 0 Å². The van der Waals surface area contributed by atoms with Crippen molar-refractivity contribution in [1.29, 1.82) is 0 Å². The molecule has 2 saturated heterocycles. The number of piperazine rings is 1. The normalized spacial score (nSPS) is 22.7. The Morgan fingerprint density at radius 1 is 1.05 bits per heavy atom. The molecular formula is C31H48N4O5. The van der Waals surface area contributed by atoms with Gasteiger partial charge >= 0.3 is 0 Å². The van der Waals surface area contributed by atoms with Crippen molar-refractivity contribution in [1.82, 2.24) is 20.4 Å². The molecule has 1 aliphatic carbocycles. The van der Waals surface area contributed by atoms with E-state index in [2.05, 4.69) is 22.5 Å². The Labute approximate surface area is 239 Å². The summed E-state index contributed by atoms with van der Waals surface area (Å²) in [6.45, 7) is 5.65. The molecule has 9 heteroatoms. The highest BCUT2D eigenvalue weighted by Crippen LogP contribution is 2.37. The number of benzene rings is 1. The van der Waals surface area contributed by atoms with E-state index in [4.69, 9.17) is 4.74 Å². The first-order valence-electron chi connectivity index (χ1n) is 15.3. The van der Waals surface area contributed by atoms with Crippen LogP contribution in [0.4, 0.5) is 0 Å². The molecule has 1 atom stereocenters. The fraction of sp³-hybridized carbons (Fsp3) is 0.710. The molecule has 2 heterocycles. The molecule has 9 nitrogen and oxygen atoms in total. The number of rotatable bonds is 12. The minimum absolute atomic E-state index is 0.0188. The maximum atomic E-state index is 13.7. The zero-order valence-electron chi connectivity index (χ0n) is 24.4. The quantitative estimate of drug-likeness (QED) is 0.341. The molecular weight excluding hydrogens is 508 g/mol. The van der Waals surface area contributed by atoms with Crippen LogP contribution >= 0.6 is 0 Å². The van der Waals surface area contributed by atoms with Crippen LogP contribution in [-0.4, -0.2) is 89.6 Å². The van der Waals surface area contributed by atoms with Crippen LogP contribution in [0.3, 0.4) is 0 Å². The van der Waals surface area contributed by atoms with Gasteiger partial charge in [0, 0.05) is 33.1 Å². The molecule has 1 aromatic rings. The zero-order chi connectivity index (χ0) is 28.6. The first kappa shape index (κ1) is 30.3. The molecule has 40 heavy (non-hydrogen) atoms. The fourth-order valence-electron chi connectivity index (χ4n) is 6.63. The minimum atomic E-state index is -0.857. The number of nitrogens with one attached hydrogen (secondary N) is 2. The highest BCUT2D eigenvalue weighted by molar-refractivity contribution is 6.00. The number of carbonyl (C=O) groups excluding carboxylic acids is 3. The summed E-state index contributed by atoms with van der Waals surface area (Å²) in [5, 5.41) is 16.8. The maximum absolute atomic E-state index is 13.7. The summed E-state index contributed by atoms with van der Waals surface area (Å²) in [4.78, 5) is 43.7. The molecule has 3 aliphatic rings. The van der Waals surface area contributed by atoms with Crippen LogP contribution in [0, 0.1) is 0 Å². The summed E-state index contributed by atoms with van der Waals surface area (Å²) in [7, 11) is 1.61. The molecule has 3 fully saturated rings. The van der Waals surface area contributed by atoms with Crippen molar-refractivity contribution >= 4 is 17.7 Å². The molecule has 1 spiro atoms. The van der Waals surface area contributed by atoms with E-state index in [1.54, 1.807) is 13.1 Å². The van der Waals surface area contributed by atoms with E-state index in [0.29, 0.717) is 56.6 Å².